The summed E-state index contributed by atoms with van der Waals surface area (Å²) in [5, 5.41) is 2.60. The second kappa shape index (κ2) is 12.3. The second-order valence-electron chi connectivity index (χ2n) is 9.26. The van der Waals surface area contributed by atoms with Crippen molar-refractivity contribution >= 4 is 29.7 Å². The number of esters is 1. The molecule has 1 aromatic carbocycles. The Kier molecular flexibility index (Phi) is 9.77. The van der Waals surface area contributed by atoms with Crippen molar-refractivity contribution in [1.29, 1.82) is 0 Å². The molecule has 1 heterocycles. The molecular weight excluding hydrogens is 440 g/mol. The number of carbonyl (C=O) groups is 5. The van der Waals surface area contributed by atoms with Crippen LogP contribution in [0.5, 0.6) is 0 Å². The van der Waals surface area contributed by atoms with Gasteiger partial charge in [0.15, 0.2) is 5.78 Å². The zero-order valence-electron chi connectivity index (χ0n) is 20.3. The number of Topliss-reactive ketones (excluding diaryl/α,β-unsaturated/α-hetero) is 1. The fourth-order valence-corrected chi connectivity index (χ4v) is 3.72. The molecule has 1 aromatic rings. The largest absolute Gasteiger partial charge is 0.464 e. The smallest absolute Gasteiger partial charge is 0.417 e. The molecule has 3 amide bonds. The molecule has 34 heavy (non-hydrogen) atoms. The number of benzene rings is 1. The number of amides is 3. The molecule has 1 unspecified atom stereocenters. The van der Waals surface area contributed by atoms with E-state index in [1.54, 1.807) is 27.7 Å². The third-order valence-electron chi connectivity index (χ3n) is 5.24. The van der Waals surface area contributed by atoms with Crippen LogP contribution in [0.4, 0.5) is 4.79 Å². The lowest BCUT2D eigenvalue weighted by Crippen LogP contribution is -2.46. The minimum atomic E-state index is -1.04. The number of rotatable bonds is 10. The van der Waals surface area contributed by atoms with E-state index in [2.05, 4.69) is 5.32 Å². The molecule has 0 aliphatic carbocycles. The summed E-state index contributed by atoms with van der Waals surface area (Å²) < 4.78 is 10.3. The molecule has 0 spiro atoms. The predicted octanol–water partition coefficient (Wildman–Crippen LogP) is 2.80. The summed E-state index contributed by atoms with van der Waals surface area (Å²) in [6, 6.07) is 8.22. The van der Waals surface area contributed by atoms with Crippen LogP contribution in [0, 0.1) is 5.92 Å². The fraction of sp³-hybridized carbons (Fsp3) is 0.560. The second-order valence-corrected chi connectivity index (χ2v) is 9.26. The van der Waals surface area contributed by atoms with E-state index in [4.69, 9.17) is 9.47 Å². The maximum Gasteiger partial charge on any atom is 0.417 e. The van der Waals surface area contributed by atoms with Crippen molar-refractivity contribution in [3.63, 3.8) is 0 Å². The van der Waals surface area contributed by atoms with Crippen molar-refractivity contribution in [2.24, 2.45) is 5.92 Å². The molecule has 9 heteroatoms. The van der Waals surface area contributed by atoms with Crippen LogP contribution in [0.25, 0.3) is 0 Å². The lowest BCUT2D eigenvalue weighted by molar-refractivity contribution is -0.151. The number of nitrogens with one attached hydrogen (secondary N) is 1. The highest BCUT2D eigenvalue weighted by Gasteiger charge is 2.48. The van der Waals surface area contributed by atoms with E-state index in [9.17, 15) is 24.0 Å². The van der Waals surface area contributed by atoms with Crippen LogP contribution in [0.1, 0.15) is 58.9 Å². The van der Waals surface area contributed by atoms with Crippen molar-refractivity contribution in [2.45, 2.75) is 71.4 Å². The normalized spacial score (nSPS) is 17.9. The van der Waals surface area contributed by atoms with Gasteiger partial charge in [0, 0.05) is 18.8 Å². The van der Waals surface area contributed by atoms with Gasteiger partial charge in [-0.25, -0.2) is 14.5 Å². The number of likely N-dealkylation sites (tertiary alicyclic amines) is 1. The van der Waals surface area contributed by atoms with Crippen LogP contribution in [0.3, 0.4) is 0 Å². The number of nitrogens with zero attached hydrogens (tertiary/aromatic N) is 1. The molecule has 0 aromatic heterocycles. The van der Waals surface area contributed by atoms with Gasteiger partial charge in [-0.05, 0) is 52.5 Å². The van der Waals surface area contributed by atoms with Gasteiger partial charge in [0.1, 0.15) is 11.6 Å². The van der Waals surface area contributed by atoms with Gasteiger partial charge in [0.25, 0.3) is 0 Å². The quantitative estimate of drug-likeness (QED) is 0.518. The van der Waals surface area contributed by atoms with Gasteiger partial charge >= 0.3 is 12.1 Å². The highest BCUT2D eigenvalue weighted by molar-refractivity contribution is 6.00. The first-order valence-corrected chi connectivity index (χ1v) is 11.6. The van der Waals surface area contributed by atoms with Gasteiger partial charge in [0.05, 0.1) is 13.2 Å². The summed E-state index contributed by atoms with van der Waals surface area (Å²) in [7, 11) is 0. The fourth-order valence-electron chi connectivity index (χ4n) is 3.72. The third-order valence-corrected chi connectivity index (χ3v) is 5.24. The van der Waals surface area contributed by atoms with E-state index in [0.717, 1.165) is 10.5 Å². The molecule has 0 saturated carbocycles. The standard InChI is InChI=1S/C25H34N2O7/c1-5-33-23(31)20-15-18(22(30)27(20)24(32)34-25(2,3)4)12-9-13-21(29)26-16-19(28)14-17-10-7-6-8-11-17/h6-8,10-11,18,20H,5,9,12-16H2,1-4H3,(H,26,29)/t18-,20?/m1/s1. The van der Waals surface area contributed by atoms with Crippen LogP contribution >= 0.6 is 0 Å². The van der Waals surface area contributed by atoms with E-state index >= 15 is 0 Å². The first-order chi connectivity index (χ1) is 16.0. The van der Waals surface area contributed by atoms with Crippen LogP contribution in [0.2, 0.25) is 0 Å². The Morgan fingerprint density at radius 3 is 2.41 bits per heavy atom. The number of hydrogen-bond donors (Lipinski definition) is 1. The molecule has 1 aliphatic heterocycles. The summed E-state index contributed by atoms with van der Waals surface area (Å²) in [5.41, 5.74) is 0.0530. The van der Waals surface area contributed by atoms with Crippen molar-refractivity contribution in [3.8, 4) is 0 Å². The molecule has 0 bridgehead atoms. The Labute approximate surface area is 200 Å². The first kappa shape index (κ1) is 27.0. The van der Waals surface area contributed by atoms with Crippen LogP contribution in [-0.4, -0.2) is 59.4 Å². The van der Waals surface area contributed by atoms with Gasteiger partial charge in [-0.1, -0.05) is 30.3 Å². The summed E-state index contributed by atoms with van der Waals surface area (Å²) in [6.45, 7) is 6.72. The summed E-state index contributed by atoms with van der Waals surface area (Å²) in [5.74, 6) is -2.16. The lowest BCUT2D eigenvalue weighted by Gasteiger charge is -2.26. The summed E-state index contributed by atoms with van der Waals surface area (Å²) in [4.78, 5) is 62.8. The van der Waals surface area contributed by atoms with E-state index < -0.39 is 35.5 Å². The van der Waals surface area contributed by atoms with Crippen molar-refractivity contribution in [1.82, 2.24) is 10.2 Å². The van der Waals surface area contributed by atoms with Crippen molar-refractivity contribution in [2.75, 3.05) is 13.2 Å². The van der Waals surface area contributed by atoms with Gasteiger partial charge in [-0.15, -0.1) is 0 Å². The summed E-state index contributed by atoms with van der Waals surface area (Å²) >= 11 is 0. The Bertz CT molecular complexity index is 892. The first-order valence-electron chi connectivity index (χ1n) is 11.6. The van der Waals surface area contributed by atoms with Crippen molar-refractivity contribution < 1.29 is 33.4 Å². The highest BCUT2D eigenvalue weighted by atomic mass is 16.6. The summed E-state index contributed by atoms with van der Waals surface area (Å²) in [6.07, 6.45) is 0.292. The Morgan fingerprint density at radius 1 is 1.12 bits per heavy atom. The van der Waals surface area contributed by atoms with E-state index in [-0.39, 0.29) is 44.1 Å². The minimum Gasteiger partial charge on any atom is -0.464 e. The number of imide groups is 1. The lowest BCUT2D eigenvalue weighted by atomic mass is 9.98. The maximum atomic E-state index is 12.9. The molecule has 0 radical (unpaired) electrons. The Hall–Kier alpha value is -3.23. The molecule has 186 valence electrons. The van der Waals surface area contributed by atoms with E-state index in [0.29, 0.717) is 12.8 Å². The molecule has 1 N–H and O–H groups in total. The van der Waals surface area contributed by atoms with Gasteiger partial charge in [-0.3, -0.25) is 14.4 Å². The topological polar surface area (TPSA) is 119 Å². The van der Waals surface area contributed by atoms with E-state index in [1.165, 1.54) is 0 Å². The van der Waals surface area contributed by atoms with Crippen LogP contribution < -0.4 is 5.32 Å². The monoisotopic (exact) mass is 474 g/mol. The van der Waals surface area contributed by atoms with Crippen molar-refractivity contribution in [3.05, 3.63) is 35.9 Å². The maximum absolute atomic E-state index is 12.9. The minimum absolute atomic E-state index is 0.0621. The molecule has 2 atom stereocenters. The zero-order valence-corrected chi connectivity index (χ0v) is 20.3. The average Bonchev–Trinajstić information content (AvgIpc) is 3.08. The number of ketones is 1. The van der Waals surface area contributed by atoms with Gasteiger partial charge < -0.3 is 14.8 Å². The molecule has 9 nitrogen and oxygen atoms in total. The molecule has 1 saturated heterocycles. The highest BCUT2D eigenvalue weighted by Crippen LogP contribution is 2.31. The average molecular weight is 475 g/mol. The number of carbonyl (C=O) groups excluding carboxylic acids is 5. The molecule has 1 aliphatic rings. The Balaban J connectivity index is 1.85. The Morgan fingerprint density at radius 2 is 1.79 bits per heavy atom. The van der Waals surface area contributed by atoms with Crippen LogP contribution in [-0.2, 0) is 35.1 Å². The third kappa shape index (κ3) is 8.28. The molecule has 1 fully saturated rings. The SMILES string of the molecule is CCOC(=O)C1C[C@@H](CCCC(=O)NCC(=O)Cc2ccccc2)C(=O)N1C(=O)OC(C)(C)C. The molecule has 2 rings (SSSR count). The molecular formula is C25H34N2O7. The number of ether oxygens (including phenoxy) is 2. The van der Waals surface area contributed by atoms with Crippen LogP contribution in [0.15, 0.2) is 30.3 Å². The van der Waals surface area contributed by atoms with Gasteiger partial charge in [-0.2, -0.15) is 0 Å². The zero-order chi connectivity index (χ0) is 25.3. The van der Waals surface area contributed by atoms with E-state index in [1.807, 2.05) is 30.3 Å². The predicted molar refractivity (Wildman–Crippen MR) is 124 cm³/mol. The van der Waals surface area contributed by atoms with Gasteiger partial charge in [0.2, 0.25) is 11.8 Å². The number of hydrogen-bond acceptors (Lipinski definition) is 7.